The van der Waals surface area contributed by atoms with Crippen LogP contribution in [0.2, 0.25) is 0 Å². The summed E-state index contributed by atoms with van der Waals surface area (Å²) in [7, 11) is 0. The van der Waals surface area contributed by atoms with Crippen molar-refractivity contribution in [2.24, 2.45) is 5.73 Å². The van der Waals surface area contributed by atoms with Crippen LogP contribution in [-0.4, -0.2) is 0 Å². The van der Waals surface area contributed by atoms with Crippen molar-refractivity contribution in [1.29, 1.82) is 0 Å². The molecule has 0 saturated heterocycles. The molecule has 0 amide bonds. The van der Waals surface area contributed by atoms with Crippen LogP contribution < -0.4 is 5.73 Å². The maximum Gasteiger partial charge on any atom is 0.0563 e. The van der Waals surface area contributed by atoms with E-state index in [0.29, 0.717) is 0 Å². The molecule has 0 aliphatic rings. The fourth-order valence-electron chi connectivity index (χ4n) is 2.33. The fraction of sp³-hybridized carbons (Fsp3) is 0.0588. The molecule has 2 N–H and O–H groups in total. The van der Waals surface area contributed by atoms with Gasteiger partial charge in [-0.25, -0.2) is 0 Å². The third kappa shape index (κ3) is 2.75. The highest BCUT2D eigenvalue weighted by molar-refractivity contribution is 14.1. The molecular weight excluding hydrogens is 425 g/mol. The summed E-state index contributed by atoms with van der Waals surface area (Å²) >= 11 is 5.91. The van der Waals surface area contributed by atoms with Gasteiger partial charge < -0.3 is 5.73 Å². The molecular formula is C17H13BrIN. The maximum atomic E-state index is 6.44. The first-order chi connectivity index (χ1) is 9.65. The lowest BCUT2D eigenvalue weighted by Gasteiger charge is -2.15. The first-order valence-electron chi connectivity index (χ1n) is 6.34. The normalized spacial score (nSPS) is 12.6. The Morgan fingerprint density at radius 1 is 0.900 bits per heavy atom. The van der Waals surface area contributed by atoms with E-state index < -0.39 is 0 Å². The largest absolute Gasteiger partial charge is 0.320 e. The molecule has 3 aromatic carbocycles. The first kappa shape index (κ1) is 14.0. The molecule has 3 aromatic rings. The van der Waals surface area contributed by atoms with Crippen LogP contribution in [0.25, 0.3) is 10.8 Å². The minimum absolute atomic E-state index is 0.122. The van der Waals surface area contributed by atoms with E-state index >= 15 is 0 Å². The molecule has 0 aromatic heterocycles. The number of benzene rings is 3. The summed E-state index contributed by atoms with van der Waals surface area (Å²) in [5, 5.41) is 2.47. The second-order valence-electron chi connectivity index (χ2n) is 4.75. The van der Waals surface area contributed by atoms with E-state index in [1.165, 1.54) is 14.3 Å². The molecule has 0 heterocycles. The average Bonchev–Trinajstić information content (AvgIpc) is 2.48. The highest BCUT2D eigenvalue weighted by Crippen LogP contribution is 2.29. The number of nitrogens with two attached hydrogens (primary N) is 1. The minimum atomic E-state index is -0.122. The van der Waals surface area contributed by atoms with Gasteiger partial charge in [-0.3, -0.25) is 0 Å². The smallest absolute Gasteiger partial charge is 0.0563 e. The van der Waals surface area contributed by atoms with Crippen LogP contribution in [0, 0.1) is 3.57 Å². The summed E-state index contributed by atoms with van der Waals surface area (Å²) in [5.74, 6) is 0. The molecule has 0 spiro atoms. The van der Waals surface area contributed by atoms with E-state index in [1.54, 1.807) is 0 Å². The minimum Gasteiger partial charge on any atom is -0.320 e. The molecule has 0 fully saturated rings. The fourth-order valence-corrected chi connectivity index (χ4v) is 3.34. The van der Waals surface area contributed by atoms with E-state index in [2.05, 4.69) is 99.2 Å². The molecule has 1 nitrogen and oxygen atoms in total. The van der Waals surface area contributed by atoms with Crippen molar-refractivity contribution in [1.82, 2.24) is 0 Å². The standard InChI is InChI=1S/C17H13BrIN/c18-16-8-7-14(19)10-15(16)17(20)13-6-5-11-3-1-2-4-12(11)9-13/h1-10,17H,20H2. The van der Waals surface area contributed by atoms with Gasteiger partial charge in [0.25, 0.3) is 0 Å². The summed E-state index contributed by atoms with van der Waals surface area (Å²) in [6.07, 6.45) is 0. The summed E-state index contributed by atoms with van der Waals surface area (Å²) in [4.78, 5) is 0. The molecule has 0 bridgehead atoms. The summed E-state index contributed by atoms with van der Waals surface area (Å²) in [6.45, 7) is 0. The van der Waals surface area contributed by atoms with Crippen molar-refractivity contribution in [2.45, 2.75) is 6.04 Å². The van der Waals surface area contributed by atoms with Crippen LogP contribution in [0.1, 0.15) is 17.2 Å². The lowest BCUT2D eigenvalue weighted by Crippen LogP contribution is -2.12. The van der Waals surface area contributed by atoms with Gasteiger partial charge in [-0.1, -0.05) is 52.3 Å². The van der Waals surface area contributed by atoms with E-state index in [1.807, 2.05) is 0 Å². The van der Waals surface area contributed by atoms with Crippen LogP contribution in [-0.2, 0) is 0 Å². The van der Waals surface area contributed by atoms with E-state index in [4.69, 9.17) is 5.73 Å². The van der Waals surface area contributed by atoms with Gasteiger partial charge in [0.2, 0.25) is 0 Å². The molecule has 100 valence electrons. The third-order valence-corrected chi connectivity index (χ3v) is 4.82. The first-order valence-corrected chi connectivity index (χ1v) is 8.21. The second-order valence-corrected chi connectivity index (χ2v) is 6.85. The van der Waals surface area contributed by atoms with Gasteiger partial charge in [-0.05, 0) is 68.8 Å². The Bertz CT molecular complexity index is 770. The zero-order chi connectivity index (χ0) is 14.1. The molecule has 3 heteroatoms. The van der Waals surface area contributed by atoms with Crippen molar-refractivity contribution in [3.8, 4) is 0 Å². The number of fused-ring (bicyclic) bond motifs is 1. The number of hydrogen-bond donors (Lipinski definition) is 1. The highest BCUT2D eigenvalue weighted by Gasteiger charge is 2.13. The van der Waals surface area contributed by atoms with Crippen LogP contribution >= 0.6 is 38.5 Å². The van der Waals surface area contributed by atoms with Gasteiger partial charge in [0.15, 0.2) is 0 Å². The maximum absolute atomic E-state index is 6.44. The SMILES string of the molecule is NC(c1ccc2ccccc2c1)c1cc(I)ccc1Br. The average molecular weight is 438 g/mol. The van der Waals surface area contributed by atoms with Crippen molar-refractivity contribution < 1.29 is 0 Å². The predicted molar refractivity (Wildman–Crippen MR) is 96.8 cm³/mol. The van der Waals surface area contributed by atoms with Gasteiger partial charge in [0.05, 0.1) is 6.04 Å². The Balaban J connectivity index is 2.07. The number of hydrogen-bond acceptors (Lipinski definition) is 1. The van der Waals surface area contributed by atoms with Crippen molar-refractivity contribution in [2.75, 3.05) is 0 Å². The zero-order valence-electron chi connectivity index (χ0n) is 10.7. The van der Waals surface area contributed by atoms with Crippen LogP contribution in [0.3, 0.4) is 0 Å². The van der Waals surface area contributed by atoms with Crippen LogP contribution in [0.4, 0.5) is 0 Å². The Labute approximate surface area is 140 Å². The monoisotopic (exact) mass is 437 g/mol. The van der Waals surface area contributed by atoms with Gasteiger partial charge >= 0.3 is 0 Å². The second kappa shape index (κ2) is 5.84. The van der Waals surface area contributed by atoms with E-state index in [0.717, 1.165) is 15.6 Å². The topological polar surface area (TPSA) is 26.0 Å². The third-order valence-electron chi connectivity index (χ3n) is 3.43. The molecule has 1 atom stereocenters. The number of rotatable bonds is 2. The quantitative estimate of drug-likeness (QED) is 0.544. The molecule has 0 aliphatic carbocycles. The molecule has 0 aliphatic heterocycles. The molecule has 20 heavy (non-hydrogen) atoms. The van der Waals surface area contributed by atoms with Crippen molar-refractivity contribution in [3.05, 3.63) is 79.8 Å². The molecule has 3 rings (SSSR count). The molecule has 0 radical (unpaired) electrons. The van der Waals surface area contributed by atoms with E-state index in [-0.39, 0.29) is 6.04 Å². The zero-order valence-corrected chi connectivity index (χ0v) is 14.4. The Morgan fingerprint density at radius 3 is 2.45 bits per heavy atom. The Hall–Kier alpha value is -0.910. The van der Waals surface area contributed by atoms with E-state index in [9.17, 15) is 0 Å². The van der Waals surface area contributed by atoms with Gasteiger partial charge in [0, 0.05) is 8.04 Å². The molecule has 1 unspecified atom stereocenters. The lowest BCUT2D eigenvalue weighted by molar-refractivity contribution is 0.866. The predicted octanol–water partition coefficient (Wildman–Crippen LogP) is 5.26. The summed E-state index contributed by atoms with van der Waals surface area (Å²) in [5.41, 5.74) is 8.69. The Kier molecular flexibility index (Phi) is 4.10. The highest BCUT2D eigenvalue weighted by atomic mass is 127. The number of halogens is 2. The molecule has 0 saturated carbocycles. The van der Waals surface area contributed by atoms with Crippen LogP contribution in [0.5, 0.6) is 0 Å². The lowest BCUT2D eigenvalue weighted by atomic mass is 9.97. The van der Waals surface area contributed by atoms with Gasteiger partial charge in [-0.2, -0.15) is 0 Å². The van der Waals surface area contributed by atoms with Crippen molar-refractivity contribution in [3.63, 3.8) is 0 Å². The summed E-state index contributed by atoms with van der Waals surface area (Å²) < 4.78 is 2.25. The Morgan fingerprint density at radius 2 is 1.65 bits per heavy atom. The van der Waals surface area contributed by atoms with Gasteiger partial charge in [-0.15, -0.1) is 0 Å². The van der Waals surface area contributed by atoms with Gasteiger partial charge in [0.1, 0.15) is 0 Å². The van der Waals surface area contributed by atoms with Crippen molar-refractivity contribution >= 4 is 49.3 Å². The summed E-state index contributed by atoms with van der Waals surface area (Å²) in [6, 6.07) is 20.9. The van der Waals surface area contributed by atoms with Crippen LogP contribution in [0.15, 0.2) is 65.1 Å².